The molecule has 2 aromatic carbocycles. The quantitative estimate of drug-likeness (QED) is 0.778. The van der Waals surface area contributed by atoms with Crippen LogP contribution in [0.4, 0.5) is 0 Å². The van der Waals surface area contributed by atoms with Crippen molar-refractivity contribution in [2.45, 2.75) is 4.90 Å². The highest BCUT2D eigenvalue weighted by Crippen LogP contribution is 2.36. The van der Waals surface area contributed by atoms with Crippen LogP contribution in [0.5, 0.6) is 11.5 Å². The van der Waals surface area contributed by atoms with Crippen molar-refractivity contribution in [2.24, 2.45) is 0 Å². The van der Waals surface area contributed by atoms with E-state index in [-0.39, 0.29) is 10.9 Å². The van der Waals surface area contributed by atoms with Gasteiger partial charge in [-0.25, -0.2) is 0 Å². The number of ether oxygens (including phenoxy) is 2. The molecule has 90 valence electrons. The fourth-order valence-corrected chi connectivity index (χ4v) is 2.96. The van der Waals surface area contributed by atoms with Crippen molar-refractivity contribution < 1.29 is 9.47 Å². The minimum absolute atomic E-state index is 0.189. The van der Waals surface area contributed by atoms with Crippen LogP contribution in [0.2, 0.25) is 0 Å². The molecule has 0 aliphatic carbocycles. The Balaban J connectivity index is 2.85. The molecule has 0 unspecified atom stereocenters. The lowest BCUT2D eigenvalue weighted by Crippen LogP contribution is -1.99. The van der Waals surface area contributed by atoms with Crippen molar-refractivity contribution in [1.29, 1.82) is 0 Å². The van der Waals surface area contributed by atoms with Gasteiger partial charge in [0.05, 0.1) is 19.6 Å². The molecule has 0 amide bonds. The molecular weight excluding hydrogens is 232 g/mol. The number of fused-ring (bicyclic) bond motifs is 1. The standard InChI is InChI=1S/C14H17O2S/c1-15-11-8-9-13(17(3)4)14-10(11)6-5-7-12(14)16-2/h5-9H,1-4H3/q+1. The van der Waals surface area contributed by atoms with E-state index >= 15 is 0 Å². The summed E-state index contributed by atoms with van der Waals surface area (Å²) in [6.07, 6.45) is 4.43. The third-order valence-electron chi connectivity index (χ3n) is 2.80. The van der Waals surface area contributed by atoms with Gasteiger partial charge < -0.3 is 9.47 Å². The molecule has 0 atom stereocenters. The Hall–Kier alpha value is -1.35. The zero-order chi connectivity index (χ0) is 12.4. The molecule has 2 aromatic rings. The Morgan fingerprint density at radius 1 is 0.882 bits per heavy atom. The molecule has 17 heavy (non-hydrogen) atoms. The van der Waals surface area contributed by atoms with Crippen LogP contribution in [0.3, 0.4) is 0 Å². The van der Waals surface area contributed by atoms with Gasteiger partial charge in [0.1, 0.15) is 24.0 Å². The van der Waals surface area contributed by atoms with Crippen LogP contribution >= 0.6 is 0 Å². The summed E-state index contributed by atoms with van der Waals surface area (Å²) < 4.78 is 10.9. The van der Waals surface area contributed by atoms with Gasteiger partial charge in [-0.2, -0.15) is 0 Å². The largest absolute Gasteiger partial charge is 0.496 e. The highest BCUT2D eigenvalue weighted by molar-refractivity contribution is 7.95. The summed E-state index contributed by atoms with van der Waals surface area (Å²) in [6.45, 7) is 0. The zero-order valence-corrected chi connectivity index (χ0v) is 11.4. The molecule has 0 aromatic heterocycles. The van der Waals surface area contributed by atoms with E-state index in [1.807, 2.05) is 18.2 Å². The summed E-state index contributed by atoms with van der Waals surface area (Å²) in [5, 5.41) is 2.29. The van der Waals surface area contributed by atoms with Gasteiger partial charge in [-0.3, -0.25) is 0 Å². The Kier molecular flexibility index (Phi) is 3.48. The SMILES string of the molecule is COc1ccc([S+](C)C)c2c(OC)cccc12. The lowest BCUT2D eigenvalue weighted by molar-refractivity contribution is 0.414. The van der Waals surface area contributed by atoms with Gasteiger partial charge in [0.25, 0.3) is 0 Å². The third kappa shape index (κ3) is 2.07. The van der Waals surface area contributed by atoms with Crippen molar-refractivity contribution >= 4 is 21.7 Å². The molecule has 0 saturated heterocycles. The van der Waals surface area contributed by atoms with Crippen LogP contribution in [-0.2, 0) is 10.9 Å². The summed E-state index contributed by atoms with van der Waals surface area (Å²) in [7, 11) is 3.60. The average Bonchev–Trinajstić information content (AvgIpc) is 2.36. The molecule has 0 radical (unpaired) electrons. The van der Waals surface area contributed by atoms with Crippen LogP contribution in [0.1, 0.15) is 0 Å². The smallest absolute Gasteiger partial charge is 0.166 e. The summed E-state index contributed by atoms with van der Waals surface area (Å²) in [5.74, 6) is 1.81. The lowest BCUT2D eigenvalue weighted by Gasteiger charge is -2.11. The van der Waals surface area contributed by atoms with Crippen LogP contribution in [0, 0.1) is 0 Å². The third-order valence-corrected chi connectivity index (χ3v) is 4.02. The Morgan fingerprint density at radius 3 is 2.18 bits per heavy atom. The summed E-state index contributed by atoms with van der Waals surface area (Å²) in [5.41, 5.74) is 0. The molecule has 0 spiro atoms. The molecule has 2 nitrogen and oxygen atoms in total. The van der Waals surface area contributed by atoms with Gasteiger partial charge in [-0.1, -0.05) is 12.1 Å². The van der Waals surface area contributed by atoms with Gasteiger partial charge in [-0.05, 0) is 18.2 Å². The van der Waals surface area contributed by atoms with Gasteiger partial charge in [0.2, 0.25) is 0 Å². The maximum atomic E-state index is 5.47. The van der Waals surface area contributed by atoms with Gasteiger partial charge in [0.15, 0.2) is 4.90 Å². The van der Waals surface area contributed by atoms with Crippen LogP contribution in [0.15, 0.2) is 35.2 Å². The van der Waals surface area contributed by atoms with E-state index in [1.54, 1.807) is 14.2 Å². The van der Waals surface area contributed by atoms with E-state index in [9.17, 15) is 0 Å². The van der Waals surface area contributed by atoms with Gasteiger partial charge >= 0.3 is 0 Å². The highest BCUT2D eigenvalue weighted by Gasteiger charge is 2.19. The van der Waals surface area contributed by atoms with E-state index in [0.29, 0.717) is 0 Å². The number of methoxy groups -OCH3 is 2. The molecule has 0 saturated carbocycles. The summed E-state index contributed by atoms with van der Waals surface area (Å²) in [4.78, 5) is 1.32. The second kappa shape index (κ2) is 4.88. The van der Waals surface area contributed by atoms with Crippen LogP contribution in [0.25, 0.3) is 10.8 Å². The number of benzene rings is 2. The normalized spacial score (nSPS) is 10.9. The molecule has 0 aliphatic heterocycles. The molecular formula is C14H17O2S+. The van der Waals surface area contributed by atoms with Crippen molar-refractivity contribution in [3.8, 4) is 11.5 Å². The van der Waals surface area contributed by atoms with Crippen LogP contribution in [-0.4, -0.2) is 26.7 Å². The van der Waals surface area contributed by atoms with E-state index in [1.165, 1.54) is 10.3 Å². The minimum atomic E-state index is 0.189. The first-order valence-electron chi connectivity index (χ1n) is 5.40. The number of hydrogen-bond acceptors (Lipinski definition) is 2. The predicted molar refractivity (Wildman–Crippen MR) is 74.5 cm³/mol. The van der Waals surface area contributed by atoms with Gasteiger partial charge in [-0.15, -0.1) is 0 Å². The Morgan fingerprint density at radius 2 is 1.59 bits per heavy atom. The van der Waals surface area contributed by atoms with Crippen molar-refractivity contribution in [3.05, 3.63) is 30.3 Å². The number of rotatable bonds is 3. The fourth-order valence-electron chi connectivity index (χ4n) is 2.00. The molecule has 0 N–H and O–H groups in total. The number of hydrogen-bond donors (Lipinski definition) is 0. The molecule has 0 bridgehead atoms. The Bertz CT molecular complexity index is 535. The van der Waals surface area contributed by atoms with Gasteiger partial charge in [0, 0.05) is 16.3 Å². The average molecular weight is 249 g/mol. The van der Waals surface area contributed by atoms with Crippen molar-refractivity contribution in [2.75, 3.05) is 26.7 Å². The lowest BCUT2D eigenvalue weighted by atomic mass is 10.1. The first-order valence-corrected chi connectivity index (χ1v) is 7.44. The van der Waals surface area contributed by atoms with Crippen molar-refractivity contribution in [1.82, 2.24) is 0 Å². The maximum absolute atomic E-state index is 5.47. The predicted octanol–water partition coefficient (Wildman–Crippen LogP) is 3.09. The zero-order valence-electron chi connectivity index (χ0n) is 10.6. The molecule has 2 rings (SSSR count). The topological polar surface area (TPSA) is 18.5 Å². The van der Waals surface area contributed by atoms with E-state index in [2.05, 4.69) is 24.6 Å². The summed E-state index contributed by atoms with van der Waals surface area (Å²) in [6, 6.07) is 10.2. The van der Waals surface area contributed by atoms with E-state index < -0.39 is 0 Å². The van der Waals surface area contributed by atoms with E-state index in [4.69, 9.17) is 9.47 Å². The highest BCUT2D eigenvalue weighted by atomic mass is 32.2. The second-order valence-electron chi connectivity index (χ2n) is 3.97. The molecule has 0 heterocycles. The second-order valence-corrected chi connectivity index (χ2v) is 6.04. The van der Waals surface area contributed by atoms with E-state index in [0.717, 1.165) is 16.9 Å². The Labute approximate surface area is 105 Å². The molecule has 0 fully saturated rings. The molecule has 3 heteroatoms. The van der Waals surface area contributed by atoms with Crippen molar-refractivity contribution in [3.63, 3.8) is 0 Å². The minimum Gasteiger partial charge on any atom is -0.496 e. The van der Waals surface area contributed by atoms with Crippen LogP contribution < -0.4 is 9.47 Å². The molecule has 0 aliphatic rings. The first-order chi connectivity index (χ1) is 8.19. The first kappa shape index (κ1) is 12.1. The fraction of sp³-hybridized carbons (Fsp3) is 0.286. The maximum Gasteiger partial charge on any atom is 0.166 e. The monoisotopic (exact) mass is 249 g/mol. The summed E-state index contributed by atoms with van der Waals surface area (Å²) >= 11 is 0.